The largest absolute Gasteiger partial charge is 0.281 e. The molecular formula is C17H11ClN2O3. The number of hydrogen-bond acceptors (Lipinski definition) is 3. The molecule has 3 amide bonds. The van der Waals surface area contributed by atoms with E-state index < -0.39 is 11.8 Å². The lowest BCUT2D eigenvalue weighted by Crippen LogP contribution is -2.51. The van der Waals surface area contributed by atoms with E-state index >= 15 is 0 Å². The fraction of sp³-hybridized carbons (Fsp3) is 0.118. The van der Waals surface area contributed by atoms with Crippen molar-refractivity contribution >= 4 is 35.0 Å². The molecule has 0 bridgehead atoms. The van der Waals surface area contributed by atoms with Gasteiger partial charge in [0.05, 0.1) is 16.8 Å². The fourth-order valence-corrected chi connectivity index (χ4v) is 3.31. The van der Waals surface area contributed by atoms with Gasteiger partial charge < -0.3 is 0 Å². The molecular weight excluding hydrogens is 316 g/mol. The first-order valence-corrected chi connectivity index (χ1v) is 7.55. The topological polar surface area (TPSA) is 57.7 Å². The Morgan fingerprint density at radius 3 is 2.09 bits per heavy atom. The number of amides is 3. The zero-order valence-corrected chi connectivity index (χ0v) is 12.7. The van der Waals surface area contributed by atoms with E-state index in [4.69, 9.17) is 11.6 Å². The van der Waals surface area contributed by atoms with Crippen LogP contribution in [0, 0.1) is 0 Å². The van der Waals surface area contributed by atoms with Gasteiger partial charge in [0.25, 0.3) is 11.8 Å². The highest BCUT2D eigenvalue weighted by molar-refractivity contribution is 6.32. The van der Waals surface area contributed by atoms with E-state index in [-0.39, 0.29) is 12.3 Å². The van der Waals surface area contributed by atoms with Gasteiger partial charge in [-0.2, -0.15) is 5.01 Å². The van der Waals surface area contributed by atoms with Crippen LogP contribution in [0.5, 0.6) is 0 Å². The molecule has 2 aromatic carbocycles. The van der Waals surface area contributed by atoms with Crippen molar-refractivity contribution in [2.75, 3.05) is 5.01 Å². The fourth-order valence-electron chi connectivity index (χ4n) is 3.04. The molecule has 4 rings (SSSR count). The summed E-state index contributed by atoms with van der Waals surface area (Å²) >= 11 is 6.20. The number of hydrazine groups is 1. The van der Waals surface area contributed by atoms with Crippen molar-refractivity contribution in [1.82, 2.24) is 5.01 Å². The third kappa shape index (κ3) is 1.90. The number of anilines is 1. The number of carbonyl (C=O) groups is 3. The molecule has 0 aliphatic carbocycles. The highest BCUT2D eigenvalue weighted by Crippen LogP contribution is 2.36. The van der Waals surface area contributed by atoms with Crippen LogP contribution in [0.4, 0.5) is 5.69 Å². The Bertz CT molecular complexity index is 843. The standard InChI is InChI=1S/C17H11ClN2O3/c18-13-6-3-7-14-12(13)8-9-15(21)19(14)20-16(22)10-4-1-2-5-11(10)17(20)23/h1-7H,8-9H2. The lowest BCUT2D eigenvalue weighted by Gasteiger charge is -2.34. The second kappa shape index (κ2) is 4.93. The molecule has 0 spiro atoms. The van der Waals surface area contributed by atoms with E-state index in [1.807, 2.05) is 0 Å². The molecule has 0 saturated heterocycles. The quantitative estimate of drug-likeness (QED) is 0.757. The minimum Gasteiger partial charge on any atom is -0.273 e. The number of halogens is 1. The van der Waals surface area contributed by atoms with Crippen LogP contribution in [0.15, 0.2) is 42.5 Å². The second-order valence-corrected chi connectivity index (χ2v) is 5.82. The summed E-state index contributed by atoms with van der Waals surface area (Å²) in [5, 5.41) is 2.60. The number of hydrogen-bond donors (Lipinski definition) is 0. The maximum atomic E-state index is 12.6. The average molecular weight is 327 g/mol. The smallest absolute Gasteiger partial charge is 0.273 e. The van der Waals surface area contributed by atoms with Gasteiger partial charge in [-0.25, -0.2) is 5.01 Å². The third-order valence-electron chi connectivity index (χ3n) is 4.12. The zero-order chi connectivity index (χ0) is 16.1. The van der Waals surface area contributed by atoms with E-state index in [2.05, 4.69) is 0 Å². The summed E-state index contributed by atoms with van der Waals surface area (Å²) in [5.41, 5.74) is 1.87. The minimum absolute atomic E-state index is 0.199. The molecule has 0 N–H and O–H groups in total. The molecule has 23 heavy (non-hydrogen) atoms. The van der Waals surface area contributed by atoms with Crippen molar-refractivity contribution < 1.29 is 14.4 Å². The van der Waals surface area contributed by atoms with Crippen LogP contribution < -0.4 is 5.01 Å². The van der Waals surface area contributed by atoms with Crippen LogP contribution in [0.2, 0.25) is 5.02 Å². The predicted molar refractivity (Wildman–Crippen MR) is 84.2 cm³/mol. The first-order valence-electron chi connectivity index (χ1n) is 7.17. The van der Waals surface area contributed by atoms with Gasteiger partial charge in [0, 0.05) is 11.4 Å². The number of imide groups is 1. The van der Waals surface area contributed by atoms with E-state index in [0.29, 0.717) is 28.3 Å². The van der Waals surface area contributed by atoms with Crippen LogP contribution in [0.3, 0.4) is 0 Å². The number of carbonyl (C=O) groups excluding carboxylic acids is 3. The Balaban J connectivity index is 1.87. The zero-order valence-electron chi connectivity index (χ0n) is 12.0. The molecule has 5 nitrogen and oxygen atoms in total. The molecule has 0 radical (unpaired) electrons. The van der Waals surface area contributed by atoms with E-state index in [1.54, 1.807) is 42.5 Å². The molecule has 2 heterocycles. The molecule has 114 valence electrons. The molecule has 2 aromatic rings. The Morgan fingerprint density at radius 2 is 1.43 bits per heavy atom. The van der Waals surface area contributed by atoms with Crippen molar-refractivity contribution in [2.45, 2.75) is 12.8 Å². The summed E-state index contributed by atoms with van der Waals surface area (Å²) in [6.07, 6.45) is 0.692. The lowest BCUT2D eigenvalue weighted by molar-refractivity contribution is -0.121. The summed E-state index contributed by atoms with van der Waals surface area (Å²) in [4.78, 5) is 37.7. The average Bonchev–Trinajstić information content (AvgIpc) is 2.80. The number of fused-ring (bicyclic) bond motifs is 2. The van der Waals surface area contributed by atoms with E-state index in [0.717, 1.165) is 15.6 Å². The highest BCUT2D eigenvalue weighted by Gasteiger charge is 2.43. The SMILES string of the molecule is O=C1c2ccccc2C(=O)N1N1C(=O)CCc2c(Cl)cccc21. The van der Waals surface area contributed by atoms with Crippen molar-refractivity contribution in [1.29, 1.82) is 0 Å². The molecule has 0 aromatic heterocycles. The molecule has 0 fully saturated rings. The van der Waals surface area contributed by atoms with Crippen molar-refractivity contribution in [3.63, 3.8) is 0 Å². The maximum Gasteiger partial charge on any atom is 0.281 e. The van der Waals surface area contributed by atoms with E-state index in [1.165, 1.54) is 0 Å². The Hall–Kier alpha value is -2.66. The van der Waals surface area contributed by atoms with Crippen molar-refractivity contribution in [3.05, 3.63) is 64.2 Å². The minimum atomic E-state index is -0.494. The number of rotatable bonds is 1. The summed E-state index contributed by atoms with van der Waals surface area (Å²) in [6, 6.07) is 11.7. The highest BCUT2D eigenvalue weighted by atomic mass is 35.5. The van der Waals surface area contributed by atoms with Gasteiger partial charge in [0.2, 0.25) is 5.91 Å². The molecule has 0 saturated carbocycles. The predicted octanol–water partition coefficient (Wildman–Crippen LogP) is 2.83. The van der Waals surface area contributed by atoms with Gasteiger partial charge in [-0.3, -0.25) is 14.4 Å². The van der Waals surface area contributed by atoms with Gasteiger partial charge in [-0.15, -0.1) is 0 Å². The summed E-state index contributed by atoms with van der Waals surface area (Å²) < 4.78 is 0. The molecule has 6 heteroatoms. The maximum absolute atomic E-state index is 12.6. The van der Waals surface area contributed by atoms with Gasteiger partial charge in [0.1, 0.15) is 0 Å². The van der Waals surface area contributed by atoms with Crippen LogP contribution in [0.1, 0.15) is 32.7 Å². The summed E-state index contributed by atoms with van der Waals surface area (Å²) in [7, 11) is 0. The summed E-state index contributed by atoms with van der Waals surface area (Å²) in [6.45, 7) is 0. The summed E-state index contributed by atoms with van der Waals surface area (Å²) in [5.74, 6) is -1.28. The van der Waals surface area contributed by atoms with Crippen LogP contribution in [0.25, 0.3) is 0 Å². The second-order valence-electron chi connectivity index (χ2n) is 5.41. The first kappa shape index (κ1) is 14.0. The molecule has 0 unspecified atom stereocenters. The monoisotopic (exact) mass is 326 g/mol. The number of benzene rings is 2. The van der Waals surface area contributed by atoms with Gasteiger partial charge in [-0.1, -0.05) is 29.8 Å². The Kier molecular flexibility index (Phi) is 2.99. The normalized spacial score (nSPS) is 16.7. The first-order chi connectivity index (χ1) is 11.1. The van der Waals surface area contributed by atoms with Gasteiger partial charge in [0.15, 0.2) is 0 Å². The Morgan fingerprint density at radius 1 is 0.783 bits per heavy atom. The van der Waals surface area contributed by atoms with Crippen LogP contribution >= 0.6 is 11.6 Å². The number of nitrogens with zero attached hydrogens (tertiary/aromatic N) is 2. The Labute approximate surface area is 137 Å². The molecule has 2 aliphatic heterocycles. The molecule has 2 aliphatic rings. The van der Waals surface area contributed by atoms with Crippen LogP contribution in [-0.4, -0.2) is 22.7 Å². The van der Waals surface area contributed by atoms with E-state index in [9.17, 15) is 14.4 Å². The van der Waals surface area contributed by atoms with Crippen molar-refractivity contribution in [3.8, 4) is 0 Å². The van der Waals surface area contributed by atoms with Gasteiger partial charge >= 0.3 is 0 Å². The van der Waals surface area contributed by atoms with Gasteiger partial charge in [-0.05, 0) is 36.2 Å². The lowest BCUT2D eigenvalue weighted by atomic mass is 10.0. The van der Waals surface area contributed by atoms with Crippen molar-refractivity contribution in [2.24, 2.45) is 0 Å². The van der Waals surface area contributed by atoms with Crippen LogP contribution in [-0.2, 0) is 11.2 Å². The molecule has 0 atom stereocenters. The third-order valence-corrected chi connectivity index (χ3v) is 4.47.